The van der Waals surface area contributed by atoms with E-state index in [2.05, 4.69) is 22.1 Å². The molecule has 1 aliphatic heterocycles. The number of rotatable bonds is 4. The van der Waals surface area contributed by atoms with Gasteiger partial charge in [0.2, 0.25) is 11.8 Å². The second-order valence-corrected chi connectivity index (χ2v) is 5.03. The van der Waals surface area contributed by atoms with E-state index in [1.807, 2.05) is 24.3 Å². The molecule has 0 spiro atoms. The number of hydrogen-bond acceptors (Lipinski definition) is 3. The van der Waals surface area contributed by atoms with Gasteiger partial charge in [-0.3, -0.25) is 19.6 Å². The van der Waals surface area contributed by atoms with Crippen LogP contribution in [0.3, 0.4) is 0 Å². The lowest BCUT2D eigenvalue weighted by atomic mass is 10.1. The van der Waals surface area contributed by atoms with Crippen molar-refractivity contribution in [3.63, 3.8) is 0 Å². The Bertz CT molecular complexity index is 707. The largest absolute Gasteiger partial charge is 0.352 e. The van der Waals surface area contributed by atoms with Crippen LogP contribution in [0.25, 0.3) is 10.9 Å². The molecule has 2 amide bonds. The molecule has 6 heteroatoms. The Hall–Kier alpha value is -2.63. The molecule has 1 aliphatic rings. The summed E-state index contributed by atoms with van der Waals surface area (Å²) in [4.78, 5) is 25.7. The van der Waals surface area contributed by atoms with Crippen LogP contribution in [-0.2, 0) is 9.59 Å². The zero-order valence-electron chi connectivity index (χ0n) is 11.5. The Kier molecular flexibility index (Phi) is 3.43. The maximum Gasteiger partial charge on any atom is 0.229 e. The normalized spacial score (nSPS) is 18.2. The number of carbonyl (C=O) groups excluding carboxylic acids is 2. The van der Waals surface area contributed by atoms with Gasteiger partial charge >= 0.3 is 0 Å². The van der Waals surface area contributed by atoms with Gasteiger partial charge < -0.3 is 5.32 Å². The molecule has 1 saturated heterocycles. The number of hydrogen-bond donors (Lipinski definition) is 2. The first-order valence-electron chi connectivity index (χ1n) is 6.83. The maximum atomic E-state index is 12.2. The molecular formula is C15H16N4O2. The fourth-order valence-electron chi connectivity index (χ4n) is 2.56. The first kappa shape index (κ1) is 13.4. The molecule has 1 fully saturated rings. The van der Waals surface area contributed by atoms with E-state index in [0.717, 1.165) is 10.9 Å². The average molecular weight is 284 g/mol. The molecule has 2 aromatic rings. The number of anilines is 1. The summed E-state index contributed by atoms with van der Waals surface area (Å²) in [7, 11) is 0. The van der Waals surface area contributed by atoms with Crippen LogP contribution in [0.2, 0.25) is 0 Å². The SMILES string of the molecule is C=CCNC(=O)[C@H]1CC(=O)N(c2n[nH]c3ccccc23)C1. The number of nitrogens with one attached hydrogen (secondary N) is 2. The van der Waals surface area contributed by atoms with Gasteiger partial charge in [0.05, 0.1) is 11.4 Å². The molecule has 0 aliphatic carbocycles. The molecule has 108 valence electrons. The molecule has 0 radical (unpaired) electrons. The Morgan fingerprint density at radius 1 is 1.52 bits per heavy atom. The number of nitrogens with zero attached hydrogens (tertiary/aromatic N) is 2. The van der Waals surface area contributed by atoms with Crippen LogP contribution >= 0.6 is 0 Å². The minimum Gasteiger partial charge on any atom is -0.352 e. The molecule has 0 bridgehead atoms. The Balaban J connectivity index is 1.82. The summed E-state index contributed by atoms with van der Waals surface area (Å²) in [5.74, 6) is 0.0548. The van der Waals surface area contributed by atoms with Crippen molar-refractivity contribution in [2.75, 3.05) is 18.0 Å². The summed E-state index contributed by atoms with van der Waals surface area (Å²) in [6.07, 6.45) is 1.83. The number of para-hydroxylation sites is 1. The Labute approximate surface area is 121 Å². The molecular weight excluding hydrogens is 268 g/mol. The highest BCUT2D eigenvalue weighted by atomic mass is 16.2. The van der Waals surface area contributed by atoms with Crippen LogP contribution in [0, 0.1) is 5.92 Å². The summed E-state index contributed by atoms with van der Waals surface area (Å²) in [6.45, 7) is 4.33. The molecule has 1 aromatic carbocycles. The van der Waals surface area contributed by atoms with E-state index >= 15 is 0 Å². The van der Waals surface area contributed by atoms with Gasteiger partial charge in [0, 0.05) is 24.9 Å². The first-order valence-corrected chi connectivity index (χ1v) is 6.83. The van der Waals surface area contributed by atoms with E-state index in [1.54, 1.807) is 11.0 Å². The van der Waals surface area contributed by atoms with Gasteiger partial charge in [0.15, 0.2) is 5.82 Å². The first-order chi connectivity index (χ1) is 10.2. The fraction of sp³-hybridized carbons (Fsp3) is 0.267. The third-order valence-electron chi connectivity index (χ3n) is 3.62. The summed E-state index contributed by atoms with van der Waals surface area (Å²) in [5.41, 5.74) is 0.875. The van der Waals surface area contributed by atoms with Gasteiger partial charge in [-0.15, -0.1) is 6.58 Å². The Morgan fingerprint density at radius 3 is 3.14 bits per heavy atom. The van der Waals surface area contributed by atoms with Gasteiger partial charge in [-0.05, 0) is 12.1 Å². The van der Waals surface area contributed by atoms with Crippen molar-refractivity contribution in [1.82, 2.24) is 15.5 Å². The quantitative estimate of drug-likeness (QED) is 0.829. The van der Waals surface area contributed by atoms with Gasteiger partial charge in [-0.2, -0.15) is 5.10 Å². The molecule has 6 nitrogen and oxygen atoms in total. The van der Waals surface area contributed by atoms with Crippen molar-refractivity contribution in [3.05, 3.63) is 36.9 Å². The number of aromatic nitrogens is 2. The number of amides is 2. The van der Waals surface area contributed by atoms with Crippen molar-refractivity contribution >= 4 is 28.5 Å². The van der Waals surface area contributed by atoms with Gasteiger partial charge in [-0.25, -0.2) is 0 Å². The number of H-pyrrole nitrogens is 1. The lowest BCUT2D eigenvalue weighted by Gasteiger charge is -2.14. The molecule has 2 N–H and O–H groups in total. The predicted molar refractivity (Wildman–Crippen MR) is 79.8 cm³/mol. The van der Waals surface area contributed by atoms with Crippen molar-refractivity contribution in [2.24, 2.45) is 5.92 Å². The highest BCUT2D eigenvalue weighted by Gasteiger charge is 2.36. The van der Waals surface area contributed by atoms with E-state index in [-0.39, 0.29) is 24.2 Å². The lowest BCUT2D eigenvalue weighted by Crippen LogP contribution is -2.33. The molecule has 0 unspecified atom stereocenters. The zero-order valence-corrected chi connectivity index (χ0v) is 11.5. The van der Waals surface area contributed by atoms with Crippen LogP contribution in [0.15, 0.2) is 36.9 Å². The number of carbonyl (C=O) groups is 2. The monoisotopic (exact) mass is 284 g/mol. The molecule has 21 heavy (non-hydrogen) atoms. The fourth-order valence-corrected chi connectivity index (χ4v) is 2.56. The third kappa shape index (κ3) is 2.40. The molecule has 3 rings (SSSR count). The van der Waals surface area contributed by atoms with Gasteiger partial charge in [-0.1, -0.05) is 18.2 Å². The van der Waals surface area contributed by atoms with Gasteiger partial charge in [0.25, 0.3) is 0 Å². The van der Waals surface area contributed by atoms with Crippen LogP contribution < -0.4 is 10.2 Å². The summed E-state index contributed by atoms with van der Waals surface area (Å²) in [6, 6.07) is 7.62. The van der Waals surface area contributed by atoms with Crippen LogP contribution in [-0.4, -0.2) is 35.1 Å². The average Bonchev–Trinajstić information content (AvgIpc) is 3.08. The van der Waals surface area contributed by atoms with Crippen LogP contribution in [0.4, 0.5) is 5.82 Å². The molecule has 0 saturated carbocycles. The third-order valence-corrected chi connectivity index (χ3v) is 3.62. The van der Waals surface area contributed by atoms with Gasteiger partial charge in [0.1, 0.15) is 0 Å². The smallest absolute Gasteiger partial charge is 0.229 e. The zero-order chi connectivity index (χ0) is 14.8. The van der Waals surface area contributed by atoms with Crippen LogP contribution in [0.1, 0.15) is 6.42 Å². The van der Waals surface area contributed by atoms with Crippen molar-refractivity contribution in [1.29, 1.82) is 0 Å². The second kappa shape index (κ2) is 5.40. The van der Waals surface area contributed by atoms with E-state index in [9.17, 15) is 9.59 Å². The van der Waals surface area contributed by atoms with E-state index in [4.69, 9.17) is 0 Å². The highest BCUT2D eigenvalue weighted by molar-refractivity contribution is 6.05. The van der Waals surface area contributed by atoms with Crippen molar-refractivity contribution < 1.29 is 9.59 Å². The van der Waals surface area contributed by atoms with Crippen molar-refractivity contribution in [3.8, 4) is 0 Å². The number of benzene rings is 1. The lowest BCUT2D eigenvalue weighted by molar-refractivity contribution is -0.126. The minimum absolute atomic E-state index is 0.0778. The predicted octanol–water partition coefficient (Wildman–Crippen LogP) is 1.22. The van der Waals surface area contributed by atoms with E-state index in [1.165, 1.54) is 0 Å². The van der Waals surface area contributed by atoms with Crippen LogP contribution in [0.5, 0.6) is 0 Å². The summed E-state index contributed by atoms with van der Waals surface area (Å²) < 4.78 is 0. The van der Waals surface area contributed by atoms with E-state index < -0.39 is 0 Å². The standard InChI is InChI=1S/C15H16N4O2/c1-2-7-16-15(21)10-8-13(20)19(9-10)14-11-5-3-4-6-12(11)17-18-14/h2-6,10H,1,7-9H2,(H,16,21)(H,17,18)/t10-/m0/s1. The maximum absolute atomic E-state index is 12.2. The molecule has 2 heterocycles. The summed E-state index contributed by atoms with van der Waals surface area (Å²) >= 11 is 0. The molecule has 1 aromatic heterocycles. The van der Waals surface area contributed by atoms with Crippen molar-refractivity contribution in [2.45, 2.75) is 6.42 Å². The molecule has 1 atom stereocenters. The topological polar surface area (TPSA) is 78.1 Å². The Morgan fingerprint density at radius 2 is 2.33 bits per heavy atom. The summed E-state index contributed by atoms with van der Waals surface area (Å²) in [5, 5.41) is 10.7. The highest BCUT2D eigenvalue weighted by Crippen LogP contribution is 2.29. The number of fused-ring (bicyclic) bond motifs is 1. The number of aromatic amines is 1. The second-order valence-electron chi connectivity index (χ2n) is 5.03. The van der Waals surface area contributed by atoms with E-state index in [0.29, 0.717) is 18.9 Å². The minimum atomic E-state index is -0.340.